The van der Waals surface area contributed by atoms with Gasteiger partial charge in [0.25, 0.3) is 0 Å². The first kappa shape index (κ1) is 13.1. The minimum absolute atomic E-state index is 0.264. The number of aryl methyl sites for hydroxylation is 2. The van der Waals surface area contributed by atoms with Gasteiger partial charge in [-0.05, 0) is 37.6 Å². The fourth-order valence-corrected chi connectivity index (χ4v) is 1.85. The highest BCUT2D eigenvalue weighted by Crippen LogP contribution is 2.20. The minimum atomic E-state index is -0.934. The van der Waals surface area contributed by atoms with Crippen molar-refractivity contribution in [2.75, 3.05) is 0 Å². The van der Waals surface area contributed by atoms with Crippen LogP contribution in [0.3, 0.4) is 0 Å². The third-order valence-electron chi connectivity index (χ3n) is 2.92. The quantitative estimate of drug-likeness (QED) is 0.897. The summed E-state index contributed by atoms with van der Waals surface area (Å²) in [6, 6.07) is 4.82. The van der Waals surface area contributed by atoms with Crippen molar-refractivity contribution < 1.29 is 14.6 Å². The van der Waals surface area contributed by atoms with Crippen LogP contribution in [0.25, 0.3) is 0 Å². The molecule has 0 aliphatic rings. The Morgan fingerprint density at radius 2 is 2.26 bits per heavy atom. The summed E-state index contributed by atoms with van der Waals surface area (Å²) in [5.74, 6) is 0.594. The maximum absolute atomic E-state index is 10.8. The second kappa shape index (κ2) is 5.56. The van der Waals surface area contributed by atoms with Gasteiger partial charge in [0, 0.05) is 18.9 Å². The van der Waals surface area contributed by atoms with E-state index in [2.05, 4.69) is 4.98 Å². The van der Waals surface area contributed by atoms with Crippen LogP contribution >= 0.6 is 0 Å². The Hall–Kier alpha value is -2.30. The van der Waals surface area contributed by atoms with E-state index in [4.69, 9.17) is 9.84 Å². The van der Waals surface area contributed by atoms with Crippen molar-refractivity contribution in [3.63, 3.8) is 0 Å². The average molecular weight is 260 g/mol. The molecule has 2 rings (SSSR count). The van der Waals surface area contributed by atoms with Gasteiger partial charge >= 0.3 is 5.97 Å². The molecule has 0 bridgehead atoms. The number of nitrogens with zero attached hydrogens (tertiary/aromatic N) is 2. The number of aromatic nitrogens is 2. The maximum atomic E-state index is 10.8. The van der Waals surface area contributed by atoms with Crippen LogP contribution in [0.1, 0.15) is 28.7 Å². The van der Waals surface area contributed by atoms with Crippen molar-refractivity contribution >= 4 is 5.97 Å². The molecule has 0 saturated heterocycles. The number of carboxylic acid groups (broad SMARTS) is 1. The van der Waals surface area contributed by atoms with Crippen molar-refractivity contribution in [2.24, 2.45) is 0 Å². The molecule has 1 aromatic carbocycles. The largest absolute Gasteiger partial charge is 0.485 e. The lowest BCUT2D eigenvalue weighted by Crippen LogP contribution is -2.06. The molecule has 1 aromatic heterocycles. The normalized spacial score (nSPS) is 10.4. The van der Waals surface area contributed by atoms with Gasteiger partial charge in [-0.1, -0.05) is 0 Å². The smallest absolute Gasteiger partial charge is 0.335 e. The predicted octanol–water partition coefficient (Wildman–Crippen LogP) is 2.49. The molecule has 1 N–H and O–H groups in total. The lowest BCUT2D eigenvalue weighted by atomic mass is 10.1. The van der Waals surface area contributed by atoms with E-state index in [0.29, 0.717) is 12.4 Å². The molecule has 0 atom stereocenters. The van der Waals surface area contributed by atoms with Gasteiger partial charge in [-0.3, -0.25) is 0 Å². The summed E-state index contributed by atoms with van der Waals surface area (Å²) in [6.45, 7) is 5.08. The number of imidazole rings is 1. The van der Waals surface area contributed by atoms with Crippen molar-refractivity contribution in [3.8, 4) is 5.75 Å². The zero-order valence-corrected chi connectivity index (χ0v) is 11.0. The number of carboxylic acids is 1. The van der Waals surface area contributed by atoms with Crippen LogP contribution in [0.5, 0.6) is 5.75 Å². The monoisotopic (exact) mass is 260 g/mol. The zero-order chi connectivity index (χ0) is 13.8. The average Bonchev–Trinajstić information content (AvgIpc) is 2.84. The molecule has 0 amide bonds. The second-order valence-electron chi connectivity index (χ2n) is 4.20. The van der Waals surface area contributed by atoms with Crippen LogP contribution in [0.15, 0.2) is 30.6 Å². The fraction of sp³-hybridized carbons (Fsp3) is 0.286. The SMILES string of the molecule is CCn1ccnc1COc1ccc(C(=O)O)cc1C. The topological polar surface area (TPSA) is 64.4 Å². The summed E-state index contributed by atoms with van der Waals surface area (Å²) >= 11 is 0. The Morgan fingerprint density at radius 1 is 1.47 bits per heavy atom. The van der Waals surface area contributed by atoms with Crippen molar-refractivity contribution in [3.05, 3.63) is 47.5 Å². The Bertz CT molecular complexity index is 590. The summed E-state index contributed by atoms with van der Waals surface area (Å²) in [5, 5.41) is 8.89. The number of carbonyl (C=O) groups is 1. The number of aromatic carboxylic acids is 1. The first-order valence-electron chi connectivity index (χ1n) is 6.08. The third-order valence-corrected chi connectivity index (χ3v) is 2.92. The summed E-state index contributed by atoms with van der Waals surface area (Å²) in [6.07, 6.45) is 3.64. The molecular weight excluding hydrogens is 244 g/mol. The minimum Gasteiger partial charge on any atom is -0.485 e. The maximum Gasteiger partial charge on any atom is 0.335 e. The van der Waals surface area contributed by atoms with Gasteiger partial charge in [0.05, 0.1) is 5.56 Å². The van der Waals surface area contributed by atoms with Gasteiger partial charge < -0.3 is 14.4 Å². The molecule has 0 aliphatic carbocycles. The number of ether oxygens (including phenoxy) is 1. The lowest BCUT2D eigenvalue weighted by molar-refractivity contribution is 0.0696. The van der Waals surface area contributed by atoms with E-state index in [9.17, 15) is 4.79 Å². The van der Waals surface area contributed by atoms with E-state index < -0.39 is 5.97 Å². The molecule has 19 heavy (non-hydrogen) atoms. The molecule has 1 heterocycles. The standard InChI is InChI=1S/C14H16N2O3/c1-3-16-7-6-15-13(16)9-19-12-5-4-11(14(17)18)8-10(12)2/h4-8H,3,9H2,1-2H3,(H,17,18). The summed E-state index contributed by atoms with van der Waals surface area (Å²) in [5.41, 5.74) is 1.06. The molecule has 0 saturated carbocycles. The Balaban J connectivity index is 2.10. The molecule has 5 nitrogen and oxygen atoms in total. The number of hydrogen-bond acceptors (Lipinski definition) is 3. The van der Waals surface area contributed by atoms with Crippen LogP contribution in [-0.2, 0) is 13.2 Å². The van der Waals surface area contributed by atoms with Gasteiger partial charge in [0.1, 0.15) is 18.2 Å². The van der Waals surface area contributed by atoms with Gasteiger partial charge in [-0.15, -0.1) is 0 Å². The Labute approximate surface area is 111 Å². The molecule has 0 spiro atoms. The highest BCUT2D eigenvalue weighted by atomic mass is 16.5. The van der Waals surface area contributed by atoms with Gasteiger partial charge in [0.2, 0.25) is 0 Å². The van der Waals surface area contributed by atoms with E-state index in [1.165, 1.54) is 6.07 Å². The molecule has 2 aromatic rings. The molecule has 0 aliphatic heterocycles. The Kier molecular flexibility index (Phi) is 3.85. The van der Waals surface area contributed by atoms with Crippen molar-refractivity contribution in [2.45, 2.75) is 27.0 Å². The number of rotatable bonds is 5. The lowest BCUT2D eigenvalue weighted by Gasteiger charge is -2.10. The first-order chi connectivity index (χ1) is 9.11. The highest BCUT2D eigenvalue weighted by Gasteiger charge is 2.08. The molecule has 100 valence electrons. The summed E-state index contributed by atoms with van der Waals surface area (Å²) < 4.78 is 7.68. The second-order valence-corrected chi connectivity index (χ2v) is 4.20. The molecule has 0 fully saturated rings. The number of hydrogen-bond donors (Lipinski definition) is 1. The van der Waals surface area contributed by atoms with Crippen LogP contribution in [0, 0.1) is 6.92 Å². The van der Waals surface area contributed by atoms with Gasteiger partial charge in [0.15, 0.2) is 0 Å². The summed E-state index contributed by atoms with van der Waals surface area (Å²) in [4.78, 5) is 15.1. The van der Waals surface area contributed by atoms with E-state index in [1.807, 2.05) is 24.6 Å². The summed E-state index contributed by atoms with van der Waals surface area (Å²) in [7, 11) is 0. The van der Waals surface area contributed by atoms with Crippen LogP contribution in [0.4, 0.5) is 0 Å². The van der Waals surface area contributed by atoms with Crippen LogP contribution < -0.4 is 4.74 Å². The van der Waals surface area contributed by atoms with E-state index >= 15 is 0 Å². The van der Waals surface area contributed by atoms with Crippen LogP contribution in [-0.4, -0.2) is 20.6 Å². The number of benzene rings is 1. The molecule has 0 radical (unpaired) electrons. The van der Waals surface area contributed by atoms with E-state index in [-0.39, 0.29) is 5.56 Å². The van der Waals surface area contributed by atoms with E-state index in [0.717, 1.165) is 17.9 Å². The third kappa shape index (κ3) is 2.93. The molecule has 5 heteroatoms. The Morgan fingerprint density at radius 3 is 2.89 bits per heavy atom. The van der Waals surface area contributed by atoms with Gasteiger partial charge in [-0.2, -0.15) is 0 Å². The van der Waals surface area contributed by atoms with Crippen molar-refractivity contribution in [1.29, 1.82) is 0 Å². The predicted molar refractivity (Wildman–Crippen MR) is 70.4 cm³/mol. The zero-order valence-electron chi connectivity index (χ0n) is 11.0. The highest BCUT2D eigenvalue weighted by molar-refractivity contribution is 5.88. The van der Waals surface area contributed by atoms with Gasteiger partial charge in [-0.25, -0.2) is 9.78 Å². The first-order valence-corrected chi connectivity index (χ1v) is 6.08. The molecule has 0 unspecified atom stereocenters. The van der Waals surface area contributed by atoms with E-state index in [1.54, 1.807) is 18.3 Å². The molecular formula is C14H16N2O3. The van der Waals surface area contributed by atoms with Crippen molar-refractivity contribution in [1.82, 2.24) is 9.55 Å². The van der Waals surface area contributed by atoms with Crippen LogP contribution in [0.2, 0.25) is 0 Å². The fourth-order valence-electron chi connectivity index (χ4n) is 1.85.